The van der Waals surface area contributed by atoms with Gasteiger partial charge in [0.25, 0.3) is 0 Å². The zero-order valence-electron chi connectivity index (χ0n) is 17.9. The van der Waals surface area contributed by atoms with Crippen LogP contribution in [-0.2, 0) is 17.9 Å². The van der Waals surface area contributed by atoms with Crippen molar-refractivity contribution in [2.45, 2.75) is 45.5 Å². The second-order valence-electron chi connectivity index (χ2n) is 8.24. The standard InChI is InChI=1S/C23H22ClF4N3O2/c1-14-9-16(13-30-7-3-2-4-8-30)20-19(10-14)31(12-15-5-6-18(25)17(24)11-15)22(29-20)33-21(32)23(26,27)28/h5-6,9-11H,2-4,7-8,12-13H2,1H3. The smallest absolute Gasteiger partial charge is 0.385 e. The summed E-state index contributed by atoms with van der Waals surface area (Å²) in [6, 6.07) is 7.26. The first-order valence-electron chi connectivity index (χ1n) is 10.6. The van der Waals surface area contributed by atoms with Gasteiger partial charge < -0.3 is 4.74 Å². The monoisotopic (exact) mass is 483 g/mol. The molecule has 0 amide bonds. The van der Waals surface area contributed by atoms with E-state index in [-0.39, 0.29) is 11.6 Å². The summed E-state index contributed by atoms with van der Waals surface area (Å²) in [5.74, 6) is -2.97. The van der Waals surface area contributed by atoms with Gasteiger partial charge in [0.15, 0.2) is 0 Å². The Balaban J connectivity index is 1.80. The molecule has 176 valence electrons. The zero-order chi connectivity index (χ0) is 23.8. The first-order chi connectivity index (χ1) is 15.6. The maximum Gasteiger partial charge on any atom is 0.491 e. The summed E-state index contributed by atoms with van der Waals surface area (Å²) in [5.41, 5.74) is 3.23. The van der Waals surface area contributed by atoms with Gasteiger partial charge in [-0.05, 0) is 67.7 Å². The molecule has 1 aliphatic rings. The highest BCUT2D eigenvalue weighted by Gasteiger charge is 2.42. The molecular formula is C23H22ClF4N3O2. The number of carbonyl (C=O) groups is 1. The number of likely N-dealkylation sites (tertiary alicyclic amines) is 1. The quantitative estimate of drug-likeness (QED) is 0.348. The number of rotatable bonds is 5. The average Bonchev–Trinajstić information content (AvgIpc) is 3.08. The average molecular weight is 484 g/mol. The minimum atomic E-state index is -5.17. The van der Waals surface area contributed by atoms with Crippen LogP contribution in [0.25, 0.3) is 11.0 Å². The molecule has 0 bridgehead atoms. The maximum atomic E-state index is 13.6. The van der Waals surface area contributed by atoms with E-state index in [0.717, 1.165) is 37.1 Å². The lowest BCUT2D eigenvalue weighted by molar-refractivity contribution is -0.190. The van der Waals surface area contributed by atoms with Crippen LogP contribution in [0.15, 0.2) is 30.3 Å². The van der Waals surface area contributed by atoms with Crippen LogP contribution in [0.2, 0.25) is 5.02 Å². The maximum absolute atomic E-state index is 13.6. The van der Waals surface area contributed by atoms with Crippen molar-refractivity contribution in [3.05, 3.63) is 57.9 Å². The number of ether oxygens (including phenoxy) is 1. The fourth-order valence-corrected chi connectivity index (χ4v) is 4.30. The van der Waals surface area contributed by atoms with Gasteiger partial charge in [-0.2, -0.15) is 18.2 Å². The highest BCUT2D eigenvalue weighted by atomic mass is 35.5. The highest BCUT2D eigenvalue weighted by Crippen LogP contribution is 2.30. The predicted octanol–water partition coefficient (Wildman–Crippen LogP) is 5.64. The molecule has 1 aliphatic heterocycles. The first-order valence-corrected chi connectivity index (χ1v) is 10.9. The minimum Gasteiger partial charge on any atom is -0.385 e. The van der Waals surface area contributed by atoms with Crippen LogP contribution in [0.4, 0.5) is 17.6 Å². The van der Waals surface area contributed by atoms with Gasteiger partial charge in [-0.1, -0.05) is 30.2 Å². The Morgan fingerprint density at radius 1 is 1.12 bits per heavy atom. The van der Waals surface area contributed by atoms with E-state index in [0.29, 0.717) is 23.1 Å². The van der Waals surface area contributed by atoms with E-state index in [1.165, 1.54) is 29.2 Å². The Hall–Kier alpha value is -2.65. The van der Waals surface area contributed by atoms with Crippen molar-refractivity contribution < 1.29 is 27.1 Å². The largest absolute Gasteiger partial charge is 0.491 e. The summed E-state index contributed by atoms with van der Waals surface area (Å²) in [6.07, 6.45) is -1.83. The van der Waals surface area contributed by atoms with Gasteiger partial charge >= 0.3 is 18.2 Å². The van der Waals surface area contributed by atoms with Gasteiger partial charge in [0.1, 0.15) is 5.82 Å². The van der Waals surface area contributed by atoms with Crippen molar-refractivity contribution in [1.29, 1.82) is 0 Å². The van der Waals surface area contributed by atoms with E-state index in [4.69, 9.17) is 11.6 Å². The van der Waals surface area contributed by atoms with E-state index in [9.17, 15) is 22.4 Å². The van der Waals surface area contributed by atoms with Crippen LogP contribution >= 0.6 is 11.6 Å². The van der Waals surface area contributed by atoms with Crippen molar-refractivity contribution in [2.24, 2.45) is 0 Å². The van der Waals surface area contributed by atoms with Crippen LogP contribution in [0, 0.1) is 12.7 Å². The Kier molecular flexibility index (Phi) is 6.63. The number of aryl methyl sites for hydroxylation is 1. The Bertz CT molecular complexity index is 1190. The first kappa shape index (κ1) is 23.5. The summed E-state index contributed by atoms with van der Waals surface area (Å²) in [4.78, 5) is 18.2. The number of carbonyl (C=O) groups excluding carboxylic acids is 1. The molecule has 33 heavy (non-hydrogen) atoms. The number of hydrogen-bond donors (Lipinski definition) is 0. The predicted molar refractivity (Wildman–Crippen MR) is 116 cm³/mol. The normalized spacial score (nSPS) is 15.2. The van der Waals surface area contributed by atoms with Crippen molar-refractivity contribution in [3.63, 3.8) is 0 Å². The second kappa shape index (κ2) is 9.30. The lowest BCUT2D eigenvalue weighted by Gasteiger charge is -2.26. The fourth-order valence-electron chi connectivity index (χ4n) is 4.10. The van der Waals surface area contributed by atoms with Crippen LogP contribution in [-0.4, -0.2) is 39.7 Å². The zero-order valence-corrected chi connectivity index (χ0v) is 18.6. The number of imidazole rings is 1. The Labute approximate surface area is 192 Å². The molecule has 0 saturated carbocycles. The molecule has 0 atom stereocenters. The van der Waals surface area contributed by atoms with E-state index in [1.807, 2.05) is 13.0 Å². The second-order valence-corrected chi connectivity index (χ2v) is 8.65. The van der Waals surface area contributed by atoms with Crippen molar-refractivity contribution in [2.75, 3.05) is 13.1 Å². The van der Waals surface area contributed by atoms with Crippen LogP contribution in [0.1, 0.15) is 36.0 Å². The van der Waals surface area contributed by atoms with Crippen LogP contribution < -0.4 is 4.74 Å². The van der Waals surface area contributed by atoms with Gasteiger partial charge in [-0.15, -0.1) is 0 Å². The number of benzene rings is 2. The van der Waals surface area contributed by atoms with Gasteiger partial charge in [-0.25, -0.2) is 9.18 Å². The number of fused-ring (bicyclic) bond motifs is 1. The lowest BCUT2D eigenvalue weighted by atomic mass is 10.1. The Morgan fingerprint density at radius 2 is 1.85 bits per heavy atom. The molecule has 0 radical (unpaired) electrons. The molecule has 0 spiro atoms. The number of alkyl halides is 3. The number of hydrogen-bond acceptors (Lipinski definition) is 4. The molecular weight excluding hydrogens is 462 g/mol. The number of nitrogens with zero attached hydrogens (tertiary/aromatic N) is 3. The van der Waals surface area contributed by atoms with Gasteiger partial charge in [0, 0.05) is 6.54 Å². The molecule has 0 N–H and O–H groups in total. The topological polar surface area (TPSA) is 47.4 Å². The minimum absolute atomic E-state index is 0.0103. The molecule has 5 nitrogen and oxygen atoms in total. The van der Waals surface area contributed by atoms with Crippen molar-refractivity contribution >= 4 is 28.6 Å². The number of esters is 1. The van der Waals surface area contributed by atoms with Crippen molar-refractivity contribution in [1.82, 2.24) is 14.5 Å². The summed E-state index contributed by atoms with van der Waals surface area (Å²) >= 11 is 5.88. The molecule has 1 saturated heterocycles. The molecule has 2 heterocycles. The fraction of sp³-hybridized carbons (Fsp3) is 0.391. The highest BCUT2D eigenvalue weighted by molar-refractivity contribution is 6.30. The molecule has 4 rings (SSSR count). The van der Waals surface area contributed by atoms with E-state index in [1.54, 1.807) is 6.07 Å². The lowest BCUT2D eigenvalue weighted by Crippen LogP contribution is -2.29. The summed E-state index contributed by atoms with van der Waals surface area (Å²) < 4.78 is 58.4. The van der Waals surface area contributed by atoms with Gasteiger partial charge in [0.05, 0.1) is 22.6 Å². The van der Waals surface area contributed by atoms with Crippen molar-refractivity contribution in [3.8, 4) is 6.01 Å². The van der Waals surface area contributed by atoms with Crippen LogP contribution in [0.5, 0.6) is 6.01 Å². The summed E-state index contributed by atoms with van der Waals surface area (Å²) in [6.45, 7) is 4.32. The number of piperidine rings is 1. The van der Waals surface area contributed by atoms with E-state index in [2.05, 4.69) is 14.6 Å². The summed E-state index contributed by atoms with van der Waals surface area (Å²) in [5, 5.41) is -0.118. The summed E-state index contributed by atoms with van der Waals surface area (Å²) in [7, 11) is 0. The van der Waals surface area contributed by atoms with E-state index < -0.39 is 24.0 Å². The molecule has 1 aromatic heterocycles. The molecule has 1 fully saturated rings. The molecule has 0 unspecified atom stereocenters. The molecule has 3 aromatic rings. The number of halogens is 5. The number of aromatic nitrogens is 2. The SMILES string of the molecule is Cc1cc(CN2CCCCC2)c2nc(OC(=O)C(F)(F)F)n(Cc3ccc(F)c(Cl)c3)c2c1. The van der Waals surface area contributed by atoms with Gasteiger partial charge in [-0.3, -0.25) is 9.47 Å². The Morgan fingerprint density at radius 3 is 2.52 bits per heavy atom. The molecule has 2 aromatic carbocycles. The third kappa shape index (κ3) is 5.30. The van der Waals surface area contributed by atoms with E-state index >= 15 is 0 Å². The third-order valence-electron chi connectivity index (χ3n) is 5.62. The third-order valence-corrected chi connectivity index (χ3v) is 5.91. The van der Waals surface area contributed by atoms with Gasteiger partial charge in [0.2, 0.25) is 0 Å². The molecule has 10 heteroatoms. The molecule has 0 aliphatic carbocycles. The van der Waals surface area contributed by atoms with Crippen LogP contribution in [0.3, 0.4) is 0 Å².